The minimum atomic E-state index is -0.312. The van der Waals surface area contributed by atoms with Gasteiger partial charge >= 0.3 is 0 Å². The van der Waals surface area contributed by atoms with Gasteiger partial charge in [0.15, 0.2) is 5.01 Å². The van der Waals surface area contributed by atoms with Crippen molar-refractivity contribution in [3.63, 3.8) is 0 Å². The van der Waals surface area contributed by atoms with Crippen LogP contribution < -0.4 is 0 Å². The van der Waals surface area contributed by atoms with Crippen molar-refractivity contribution in [1.29, 1.82) is 0 Å². The van der Waals surface area contributed by atoms with Gasteiger partial charge in [0.1, 0.15) is 10.8 Å². The van der Waals surface area contributed by atoms with Crippen LogP contribution in [0.25, 0.3) is 10.6 Å². The molecule has 0 spiro atoms. The number of nitrogens with zero attached hydrogens (tertiary/aromatic N) is 2. The Labute approximate surface area is 110 Å². The summed E-state index contributed by atoms with van der Waals surface area (Å²) in [4.78, 5) is 0. The van der Waals surface area contributed by atoms with Crippen LogP contribution in [0.3, 0.4) is 0 Å². The maximum atomic E-state index is 13.6. The maximum Gasteiger partial charge on any atom is 0.150 e. The van der Waals surface area contributed by atoms with Crippen LogP contribution in [0, 0.1) is 5.82 Å². The number of aromatic nitrogens is 2. The molecule has 2 nitrogen and oxygen atoms in total. The predicted molar refractivity (Wildman–Crippen MR) is 67.3 cm³/mol. The van der Waals surface area contributed by atoms with Crippen molar-refractivity contribution in [3.05, 3.63) is 33.5 Å². The van der Waals surface area contributed by atoms with Gasteiger partial charge < -0.3 is 0 Å². The summed E-state index contributed by atoms with van der Waals surface area (Å²) in [5.41, 5.74) is 0.440. The van der Waals surface area contributed by atoms with Crippen molar-refractivity contribution in [2.45, 2.75) is 12.3 Å². The number of hydrogen-bond donors (Lipinski definition) is 0. The second-order valence-corrected chi connectivity index (χ2v) is 5.77. The third-order valence-corrected chi connectivity index (χ3v) is 3.91. The van der Waals surface area contributed by atoms with Gasteiger partial charge in [0.05, 0.1) is 5.38 Å². The van der Waals surface area contributed by atoms with Crippen molar-refractivity contribution >= 4 is 38.9 Å². The molecule has 0 fully saturated rings. The fourth-order valence-electron chi connectivity index (χ4n) is 1.17. The molecule has 0 amide bonds. The zero-order valence-electron chi connectivity index (χ0n) is 8.25. The molecule has 0 aliphatic heterocycles. The van der Waals surface area contributed by atoms with Gasteiger partial charge in [-0.3, -0.25) is 0 Å². The minimum absolute atomic E-state index is 0.207. The highest BCUT2D eigenvalue weighted by Gasteiger charge is 2.14. The molecule has 6 heteroatoms. The van der Waals surface area contributed by atoms with Gasteiger partial charge in [-0.2, -0.15) is 0 Å². The molecule has 16 heavy (non-hydrogen) atoms. The molecule has 0 N–H and O–H groups in total. The highest BCUT2D eigenvalue weighted by atomic mass is 79.9. The van der Waals surface area contributed by atoms with Gasteiger partial charge in [-0.25, -0.2) is 4.39 Å². The topological polar surface area (TPSA) is 25.8 Å². The van der Waals surface area contributed by atoms with Crippen LogP contribution in [0.15, 0.2) is 22.7 Å². The quantitative estimate of drug-likeness (QED) is 0.766. The van der Waals surface area contributed by atoms with Crippen LogP contribution in [0.5, 0.6) is 0 Å². The smallest absolute Gasteiger partial charge is 0.150 e. The van der Waals surface area contributed by atoms with Crippen LogP contribution in [0.4, 0.5) is 4.39 Å². The number of benzene rings is 1. The average Bonchev–Trinajstić information content (AvgIpc) is 2.70. The Morgan fingerprint density at radius 2 is 2.19 bits per heavy atom. The molecular weight excluding hydrogens is 315 g/mol. The zero-order valence-corrected chi connectivity index (χ0v) is 11.4. The highest BCUT2D eigenvalue weighted by molar-refractivity contribution is 9.10. The number of halogens is 3. The molecule has 1 unspecified atom stereocenters. The molecule has 0 saturated heterocycles. The van der Waals surface area contributed by atoms with Gasteiger partial charge in [0, 0.05) is 10.0 Å². The summed E-state index contributed by atoms with van der Waals surface area (Å²) in [6.07, 6.45) is 0. The molecule has 1 aromatic carbocycles. The summed E-state index contributed by atoms with van der Waals surface area (Å²) in [5, 5.41) is 8.88. The van der Waals surface area contributed by atoms with Crippen LogP contribution in [0.2, 0.25) is 0 Å². The number of alkyl halides is 1. The van der Waals surface area contributed by atoms with Crippen LogP contribution in [-0.2, 0) is 0 Å². The van der Waals surface area contributed by atoms with E-state index in [1.54, 1.807) is 12.1 Å². The molecule has 2 rings (SSSR count). The second-order valence-electron chi connectivity index (χ2n) is 3.19. The first-order chi connectivity index (χ1) is 7.58. The largest absolute Gasteiger partial charge is 0.206 e. The Bertz CT molecular complexity index is 515. The third-order valence-electron chi connectivity index (χ3n) is 1.94. The van der Waals surface area contributed by atoms with Gasteiger partial charge in [-0.1, -0.05) is 27.3 Å². The molecule has 0 aliphatic carbocycles. The van der Waals surface area contributed by atoms with Gasteiger partial charge in [-0.15, -0.1) is 21.8 Å². The maximum absolute atomic E-state index is 13.6. The molecule has 2 aromatic rings. The van der Waals surface area contributed by atoms with E-state index in [1.165, 1.54) is 17.4 Å². The van der Waals surface area contributed by atoms with Gasteiger partial charge in [0.25, 0.3) is 0 Å². The first kappa shape index (κ1) is 12.0. The minimum Gasteiger partial charge on any atom is -0.206 e. The third kappa shape index (κ3) is 2.42. The lowest BCUT2D eigenvalue weighted by atomic mass is 10.2. The van der Waals surface area contributed by atoms with E-state index in [4.69, 9.17) is 11.6 Å². The van der Waals surface area contributed by atoms with Crippen molar-refractivity contribution in [3.8, 4) is 10.6 Å². The van der Waals surface area contributed by atoms with E-state index in [9.17, 15) is 4.39 Å². The molecule has 1 aromatic heterocycles. The monoisotopic (exact) mass is 320 g/mol. The number of rotatable bonds is 2. The van der Waals surface area contributed by atoms with Crippen LogP contribution >= 0.6 is 38.9 Å². The summed E-state index contributed by atoms with van der Waals surface area (Å²) in [5.74, 6) is -0.312. The molecule has 0 radical (unpaired) electrons. The Morgan fingerprint density at radius 3 is 2.81 bits per heavy atom. The Kier molecular flexibility index (Phi) is 3.56. The van der Waals surface area contributed by atoms with Crippen LogP contribution in [-0.4, -0.2) is 10.2 Å². The molecule has 84 valence electrons. The summed E-state index contributed by atoms with van der Waals surface area (Å²) >= 11 is 10.5. The zero-order chi connectivity index (χ0) is 11.7. The number of hydrogen-bond acceptors (Lipinski definition) is 3. The predicted octanol–water partition coefficient (Wildman–Crippen LogP) is 4.41. The molecule has 0 aliphatic rings. The van der Waals surface area contributed by atoms with Crippen molar-refractivity contribution in [1.82, 2.24) is 10.2 Å². The molecule has 0 saturated carbocycles. The fraction of sp³-hybridized carbons (Fsp3) is 0.200. The lowest BCUT2D eigenvalue weighted by molar-refractivity contribution is 0.630. The normalized spacial score (nSPS) is 12.8. The lowest BCUT2D eigenvalue weighted by Gasteiger charge is -1.98. The van der Waals surface area contributed by atoms with Gasteiger partial charge in [0.2, 0.25) is 0 Å². The Balaban J connectivity index is 2.46. The van der Waals surface area contributed by atoms with Crippen molar-refractivity contribution < 1.29 is 4.39 Å². The fourth-order valence-corrected chi connectivity index (χ4v) is 2.49. The van der Waals surface area contributed by atoms with E-state index in [0.29, 0.717) is 15.6 Å². The standard InChI is InChI=1S/C10H7BrClFN2S/c1-5(12)9-14-15-10(16-9)7-4-6(11)2-3-8(7)13/h2-5H,1H3. The molecule has 0 bridgehead atoms. The summed E-state index contributed by atoms with van der Waals surface area (Å²) in [7, 11) is 0. The Morgan fingerprint density at radius 1 is 1.44 bits per heavy atom. The van der Waals surface area contributed by atoms with E-state index >= 15 is 0 Å². The van der Waals surface area contributed by atoms with E-state index in [0.717, 1.165) is 4.47 Å². The van der Waals surface area contributed by atoms with Gasteiger partial charge in [-0.05, 0) is 25.1 Å². The van der Waals surface area contributed by atoms with Crippen LogP contribution in [0.1, 0.15) is 17.3 Å². The van der Waals surface area contributed by atoms with E-state index < -0.39 is 0 Å². The van der Waals surface area contributed by atoms with E-state index in [2.05, 4.69) is 26.1 Å². The molecule has 1 heterocycles. The first-order valence-corrected chi connectivity index (χ1v) is 6.55. The summed E-state index contributed by atoms with van der Waals surface area (Å²) in [6, 6.07) is 4.72. The highest BCUT2D eigenvalue weighted by Crippen LogP contribution is 2.32. The summed E-state index contributed by atoms with van der Waals surface area (Å²) < 4.78 is 14.4. The second kappa shape index (κ2) is 4.77. The summed E-state index contributed by atoms with van der Waals surface area (Å²) in [6.45, 7) is 1.81. The van der Waals surface area contributed by atoms with E-state index in [1.807, 2.05) is 6.92 Å². The Hall–Kier alpha value is -0.520. The molecule has 1 atom stereocenters. The average molecular weight is 322 g/mol. The molecular formula is C10H7BrClFN2S. The lowest BCUT2D eigenvalue weighted by Crippen LogP contribution is -1.83. The van der Waals surface area contributed by atoms with E-state index in [-0.39, 0.29) is 11.2 Å². The first-order valence-electron chi connectivity index (χ1n) is 4.51. The SMILES string of the molecule is CC(Cl)c1nnc(-c2cc(Br)ccc2F)s1. The van der Waals surface area contributed by atoms with Crippen molar-refractivity contribution in [2.75, 3.05) is 0 Å². The van der Waals surface area contributed by atoms with Crippen molar-refractivity contribution in [2.24, 2.45) is 0 Å².